The lowest BCUT2D eigenvalue weighted by atomic mass is 10.2. The molecule has 2 aromatic heterocycles. The van der Waals surface area contributed by atoms with E-state index in [1.165, 1.54) is 0 Å². The van der Waals surface area contributed by atoms with E-state index >= 15 is 0 Å². The van der Waals surface area contributed by atoms with E-state index in [4.69, 9.17) is 9.72 Å². The van der Waals surface area contributed by atoms with Crippen molar-refractivity contribution >= 4 is 16.9 Å². The van der Waals surface area contributed by atoms with Gasteiger partial charge < -0.3 is 14.2 Å². The van der Waals surface area contributed by atoms with Crippen LogP contribution in [0.4, 0.5) is 0 Å². The van der Waals surface area contributed by atoms with Crippen LogP contribution in [0.5, 0.6) is 0 Å². The Labute approximate surface area is 152 Å². The number of methoxy groups -OCH3 is 1. The summed E-state index contributed by atoms with van der Waals surface area (Å²) in [5, 5.41) is 4.40. The van der Waals surface area contributed by atoms with Crippen LogP contribution in [0.2, 0.25) is 0 Å². The third kappa shape index (κ3) is 2.88. The summed E-state index contributed by atoms with van der Waals surface area (Å²) in [7, 11) is 3.67. The molecule has 0 aliphatic carbocycles. The molecule has 1 unspecified atom stereocenters. The van der Waals surface area contributed by atoms with Crippen LogP contribution in [0.25, 0.3) is 11.0 Å². The van der Waals surface area contributed by atoms with Crippen molar-refractivity contribution in [1.29, 1.82) is 0 Å². The van der Waals surface area contributed by atoms with Crippen LogP contribution in [0, 0.1) is 0 Å². The van der Waals surface area contributed by atoms with E-state index in [1.54, 1.807) is 17.9 Å². The van der Waals surface area contributed by atoms with Crippen molar-refractivity contribution in [1.82, 2.24) is 24.2 Å². The molecule has 0 bridgehead atoms. The van der Waals surface area contributed by atoms with Gasteiger partial charge in [-0.3, -0.25) is 9.48 Å². The van der Waals surface area contributed by atoms with Crippen molar-refractivity contribution in [3.8, 4) is 0 Å². The molecule has 1 amide bonds. The highest BCUT2D eigenvalue weighted by atomic mass is 16.5. The lowest BCUT2D eigenvalue weighted by Crippen LogP contribution is -2.32. The molecule has 0 saturated carbocycles. The van der Waals surface area contributed by atoms with Crippen LogP contribution in [-0.4, -0.2) is 50.4 Å². The Kier molecular flexibility index (Phi) is 4.46. The number of imidazole rings is 1. The van der Waals surface area contributed by atoms with Crippen molar-refractivity contribution < 1.29 is 9.53 Å². The molecule has 3 heterocycles. The van der Waals surface area contributed by atoms with E-state index in [-0.39, 0.29) is 11.9 Å². The zero-order valence-electron chi connectivity index (χ0n) is 15.1. The second-order valence-corrected chi connectivity index (χ2v) is 6.63. The van der Waals surface area contributed by atoms with Crippen LogP contribution in [-0.2, 0) is 18.3 Å². The molecular formula is C19H23N5O2. The number of carbonyl (C=O) groups excluding carboxylic acids is 1. The minimum absolute atomic E-state index is 0.0102. The van der Waals surface area contributed by atoms with Crippen LogP contribution < -0.4 is 0 Å². The molecule has 1 aromatic carbocycles. The Morgan fingerprint density at radius 2 is 2.15 bits per heavy atom. The first-order chi connectivity index (χ1) is 12.7. The van der Waals surface area contributed by atoms with E-state index in [0.717, 1.165) is 36.2 Å². The van der Waals surface area contributed by atoms with Crippen molar-refractivity contribution in [2.75, 3.05) is 20.3 Å². The molecule has 1 fully saturated rings. The van der Waals surface area contributed by atoms with E-state index in [1.807, 2.05) is 36.3 Å². The molecule has 1 aliphatic heterocycles. The van der Waals surface area contributed by atoms with Crippen LogP contribution in [0.15, 0.2) is 36.5 Å². The van der Waals surface area contributed by atoms with Crippen molar-refractivity contribution in [2.45, 2.75) is 25.4 Å². The summed E-state index contributed by atoms with van der Waals surface area (Å²) >= 11 is 0. The quantitative estimate of drug-likeness (QED) is 0.706. The maximum absolute atomic E-state index is 13.0. The predicted molar refractivity (Wildman–Crippen MR) is 97.8 cm³/mol. The zero-order valence-corrected chi connectivity index (χ0v) is 15.1. The Morgan fingerprint density at radius 3 is 2.96 bits per heavy atom. The molecule has 0 N–H and O–H groups in total. The SMILES string of the molecule is COCCn1ccc(C(=O)N2CCCC2c2nc3ccccc3n2C)n1. The normalized spacial score (nSPS) is 17.3. The maximum atomic E-state index is 13.0. The summed E-state index contributed by atoms with van der Waals surface area (Å²) in [5.74, 6) is 0.909. The Hall–Kier alpha value is -2.67. The fraction of sp³-hybridized carbons (Fsp3) is 0.421. The van der Waals surface area contributed by atoms with Gasteiger partial charge in [-0.05, 0) is 31.0 Å². The zero-order chi connectivity index (χ0) is 18.1. The smallest absolute Gasteiger partial charge is 0.274 e. The van der Waals surface area contributed by atoms with E-state index in [0.29, 0.717) is 18.8 Å². The highest BCUT2D eigenvalue weighted by Crippen LogP contribution is 2.33. The fourth-order valence-electron chi connectivity index (χ4n) is 3.67. The maximum Gasteiger partial charge on any atom is 0.274 e. The molecular weight excluding hydrogens is 330 g/mol. The minimum atomic E-state index is -0.0317. The monoisotopic (exact) mass is 353 g/mol. The number of nitrogens with zero attached hydrogens (tertiary/aromatic N) is 5. The van der Waals surface area contributed by atoms with E-state index in [2.05, 4.69) is 15.7 Å². The second kappa shape index (κ2) is 6.92. The van der Waals surface area contributed by atoms with Crippen molar-refractivity contribution in [3.63, 3.8) is 0 Å². The van der Waals surface area contributed by atoms with Crippen LogP contribution in [0.3, 0.4) is 0 Å². The number of aryl methyl sites for hydroxylation is 1. The Bertz CT molecular complexity index is 929. The highest BCUT2D eigenvalue weighted by molar-refractivity contribution is 5.92. The van der Waals surface area contributed by atoms with Crippen LogP contribution in [0.1, 0.15) is 35.2 Å². The first kappa shape index (κ1) is 16.8. The van der Waals surface area contributed by atoms with Gasteiger partial charge in [-0.25, -0.2) is 4.98 Å². The number of para-hydroxylation sites is 2. The summed E-state index contributed by atoms with van der Waals surface area (Å²) in [6.07, 6.45) is 3.73. The van der Waals surface area contributed by atoms with Gasteiger partial charge >= 0.3 is 0 Å². The predicted octanol–water partition coefficient (Wildman–Crippen LogP) is 2.39. The van der Waals surface area contributed by atoms with E-state index < -0.39 is 0 Å². The fourth-order valence-corrected chi connectivity index (χ4v) is 3.67. The number of ether oxygens (including phenoxy) is 1. The van der Waals surface area contributed by atoms with Crippen molar-refractivity contribution in [3.05, 3.63) is 48.0 Å². The third-order valence-corrected chi connectivity index (χ3v) is 5.02. The number of rotatable bonds is 5. The van der Waals surface area contributed by atoms with Gasteiger partial charge in [0, 0.05) is 26.9 Å². The highest BCUT2D eigenvalue weighted by Gasteiger charge is 2.34. The van der Waals surface area contributed by atoms with Crippen molar-refractivity contribution in [2.24, 2.45) is 7.05 Å². The molecule has 1 atom stereocenters. The average molecular weight is 353 g/mol. The van der Waals surface area contributed by atoms with Gasteiger partial charge in [0.1, 0.15) is 11.5 Å². The average Bonchev–Trinajstić information content (AvgIpc) is 3.38. The Balaban J connectivity index is 1.60. The van der Waals surface area contributed by atoms with Gasteiger partial charge in [0.15, 0.2) is 0 Å². The topological polar surface area (TPSA) is 65.2 Å². The van der Waals surface area contributed by atoms with Gasteiger partial charge in [-0.2, -0.15) is 5.10 Å². The molecule has 26 heavy (non-hydrogen) atoms. The third-order valence-electron chi connectivity index (χ3n) is 5.02. The number of fused-ring (bicyclic) bond motifs is 1. The molecule has 1 aliphatic rings. The number of aromatic nitrogens is 4. The lowest BCUT2D eigenvalue weighted by Gasteiger charge is -2.23. The van der Waals surface area contributed by atoms with E-state index in [9.17, 15) is 4.79 Å². The number of carbonyl (C=O) groups is 1. The summed E-state index contributed by atoms with van der Waals surface area (Å²) in [5.41, 5.74) is 2.53. The first-order valence-electron chi connectivity index (χ1n) is 8.94. The van der Waals surface area contributed by atoms with Gasteiger partial charge in [0.25, 0.3) is 5.91 Å². The summed E-state index contributed by atoms with van der Waals surface area (Å²) in [6.45, 7) is 1.94. The number of benzene rings is 1. The number of hydrogen-bond donors (Lipinski definition) is 0. The number of amides is 1. The first-order valence-corrected chi connectivity index (χ1v) is 8.94. The molecule has 0 radical (unpaired) electrons. The van der Waals surface area contributed by atoms with Gasteiger partial charge in [0.2, 0.25) is 0 Å². The molecule has 136 valence electrons. The summed E-state index contributed by atoms with van der Waals surface area (Å²) in [4.78, 5) is 19.7. The largest absolute Gasteiger partial charge is 0.383 e. The minimum Gasteiger partial charge on any atom is -0.383 e. The molecule has 0 spiro atoms. The number of likely N-dealkylation sites (tertiary alicyclic amines) is 1. The molecule has 4 rings (SSSR count). The number of hydrogen-bond acceptors (Lipinski definition) is 4. The van der Waals surface area contributed by atoms with Crippen LogP contribution >= 0.6 is 0 Å². The Morgan fingerprint density at radius 1 is 1.31 bits per heavy atom. The van der Waals surface area contributed by atoms with Gasteiger partial charge in [-0.15, -0.1) is 0 Å². The molecule has 7 heteroatoms. The lowest BCUT2D eigenvalue weighted by molar-refractivity contribution is 0.0721. The molecule has 7 nitrogen and oxygen atoms in total. The van der Waals surface area contributed by atoms with Gasteiger partial charge in [0.05, 0.1) is 30.2 Å². The second-order valence-electron chi connectivity index (χ2n) is 6.63. The molecule has 1 saturated heterocycles. The molecule has 3 aromatic rings. The summed E-state index contributed by atoms with van der Waals surface area (Å²) < 4.78 is 8.91. The standard InChI is InChI=1S/C19H23N5O2/c1-22-16-7-4-3-6-14(16)20-18(22)17-8-5-10-24(17)19(25)15-9-11-23(21-15)12-13-26-2/h3-4,6-7,9,11,17H,5,8,10,12-13H2,1-2H3. The summed E-state index contributed by atoms with van der Waals surface area (Å²) in [6, 6.07) is 9.84. The van der Waals surface area contributed by atoms with Gasteiger partial charge in [-0.1, -0.05) is 12.1 Å².